The summed E-state index contributed by atoms with van der Waals surface area (Å²) in [4.78, 5) is 20.8. The predicted molar refractivity (Wildman–Crippen MR) is 113 cm³/mol. The van der Waals surface area contributed by atoms with Gasteiger partial charge in [0.15, 0.2) is 5.13 Å². The summed E-state index contributed by atoms with van der Waals surface area (Å²) in [5, 5.41) is 5.93. The van der Waals surface area contributed by atoms with Crippen molar-refractivity contribution in [2.24, 2.45) is 0 Å². The van der Waals surface area contributed by atoms with Gasteiger partial charge in [-0.25, -0.2) is 4.98 Å². The number of para-hydroxylation sites is 1. The Bertz CT molecular complexity index is 932. The number of amides is 1. The van der Waals surface area contributed by atoms with Crippen LogP contribution in [0.2, 0.25) is 0 Å². The topological polar surface area (TPSA) is 49.7 Å². The largest absolute Gasteiger partial charge is 0.331 e. The minimum atomic E-state index is 0.0350. The van der Waals surface area contributed by atoms with Crippen LogP contribution in [-0.4, -0.2) is 42.0 Å². The first-order chi connectivity index (χ1) is 13.7. The summed E-state index contributed by atoms with van der Waals surface area (Å²) in [7, 11) is 0. The maximum Gasteiger partial charge on any atom is 0.273 e. The lowest BCUT2D eigenvalue weighted by Gasteiger charge is -2.31. The van der Waals surface area contributed by atoms with E-state index < -0.39 is 0 Å². The number of aryl methyl sites for hydroxylation is 1. The van der Waals surface area contributed by atoms with Crippen molar-refractivity contribution >= 4 is 28.1 Å². The Morgan fingerprint density at radius 1 is 1.11 bits per heavy atom. The molecule has 28 heavy (non-hydrogen) atoms. The monoisotopic (exact) mass is 393 g/mol. The molecule has 3 aromatic rings. The van der Waals surface area contributed by atoms with Crippen LogP contribution >= 0.6 is 11.3 Å². The fourth-order valence-corrected chi connectivity index (χ4v) is 4.20. The molecule has 1 fully saturated rings. The van der Waals surface area contributed by atoms with E-state index in [1.54, 1.807) is 0 Å². The SMILES string of the molecule is Cc1ccccc1Nc1nc(C(=O)N2CC[NH+](Cc3ccccc3)CC2)cs1. The van der Waals surface area contributed by atoms with E-state index in [4.69, 9.17) is 0 Å². The summed E-state index contributed by atoms with van der Waals surface area (Å²) in [5.41, 5.74) is 4.06. The van der Waals surface area contributed by atoms with Crippen LogP contribution in [0, 0.1) is 6.92 Å². The molecule has 4 rings (SSSR count). The third-order valence-electron chi connectivity index (χ3n) is 5.16. The number of thiazole rings is 1. The minimum Gasteiger partial charge on any atom is -0.331 e. The third kappa shape index (κ3) is 4.40. The van der Waals surface area contributed by atoms with Crippen LogP contribution < -0.4 is 10.2 Å². The first-order valence-electron chi connectivity index (χ1n) is 9.64. The van der Waals surface area contributed by atoms with E-state index in [2.05, 4.69) is 47.6 Å². The number of aromatic nitrogens is 1. The molecule has 0 spiro atoms. The molecule has 6 heteroatoms. The fourth-order valence-electron chi connectivity index (χ4n) is 3.51. The molecule has 2 aromatic carbocycles. The standard InChI is InChI=1S/C22H24N4OS/c1-17-7-5-6-10-19(17)23-22-24-20(16-28-22)21(27)26-13-11-25(12-14-26)15-18-8-3-2-4-9-18/h2-10,16H,11-15H2,1H3,(H,23,24)/p+1. The summed E-state index contributed by atoms with van der Waals surface area (Å²) < 4.78 is 0. The second kappa shape index (κ2) is 8.54. The molecule has 1 aromatic heterocycles. The highest BCUT2D eigenvalue weighted by atomic mass is 32.1. The molecule has 1 amide bonds. The van der Waals surface area contributed by atoms with Gasteiger partial charge in [-0.1, -0.05) is 48.5 Å². The van der Waals surface area contributed by atoms with E-state index >= 15 is 0 Å². The summed E-state index contributed by atoms with van der Waals surface area (Å²) in [6.07, 6.45) is 0. The van der Waals surface area contributed by atoms with Crippen molar-refractivity contribution in [3.63, 3.8) is 0 Å². The zero-order valence-corrected chi connectivity index (χ0v) is 16.8. The maximum atomic E-state index is 12.8. The smallest absolute Gasteiger partial charge is 0.273 e. The number of benzene rings is 2. The average Bonchev–Trinajstić information content (AvgIpc) is 3.19. The highest BCUT2D eigenvalue weighted by Gasteiger charge is 2.26. The number of hydrogen-bond donors (Lipinski definition) is 2. The lowest BCUT2D eigenvalue weighted by atomic mass is 10.2. The zero-order valence-electron chi connectivity index (χ0n) is 16.0. The minimum absolute atomic E-state index is 0.0350. The van der Waals surface area contributed by atoms with E-state index in [-0.39, 0.29) is 5.91 Å². The maximum absolute atomic E-state index is 12.8. The number of nitrogens with one attached hydrogen (secondary N) is 2. The van der Waals surface area contributed by atoms with E-state index in [1.807, 2.05) is 34.5 Å². The first kappa shape index (κ1) is 18.7. The van der Waals surface area contributed by atoms with E-state index in [0.29, 0.717) is 5.69 Å². The van der Waals surface area contributed by atoms with Gasteiger partial charge >= 0.3 is 0 Å². The Kier molecular flexibility index (Phi) is 5.69. The van der Waals surface area contributed by atoms with Crippen molar-refractivity contribution in [3.8, 4) is 0 Å². The number of rotatable bonds is 5. The van der Waals surface area contributed by atoms with Gasteiger partial charge in [0.25, 0.3) is 5.91 Å². The molecule has 0 atom stereocenters. The molecule has 2 heterocycles. The van der Waals surface area contributed by atoms with Gasteiger partial charge in [0.1, 0.15) is 12.2 Å². The van der Waals surface area contributed by atoms with Crippen molar-refractivity contribution in [2.75, 3.05) is 31.5 Å². The summed E-state index contributed by atoms with van der Waals surface area (Å²) in [6, 6.07) is 18.6. The van der Waals surface area contributed by atoms with Crippen LogP contribution in [0.3, 0.4) is 0 Å². The highest BCUT2D eigenvalue weighted by Crippen LogP contribution is 2.23. The van der Waals surface area contributed by atoms with Gasteiger partial charge in [-0.15, -0.1) is 11.3 Å². The Labute approximate surface area is 169 Å². The molecule has 2 N–H and O–H groups in total. The zero-order chi connectivity index (χ0) is 19.3. The van der Waals surface area contributed by atoms with Gasteiger partial charge in [0.05, 0.1) is 26.2 Å². The molecular formula is C22H25N4OS+. The Balaban J connectivity index is 1.33. The van der Waals surface area contributed by atoms with Crippen LogP contribution in [0.4, 0.5) is 10.8 Å². The highest BCUT2D eigenvalue weighted by molar-refractivity contribution is 7.14. The number of carbonyl (C=O) groups excluding carboxylic acids is 1. The number of anilines is 2. The Morgan fingerprint density at radius 2 is 1.82 bits per heavy atom. The van der Waals surface area contributed by atoms with Crippen LogP contribution in [0.5, 0.6) is 0 Å². The van der Waals surface area contributed by atoms with E-state index in [0.717, 1.165) is 49.1 Å². The molecule has 1 aliphatic rings. The van der Waals surface area contributed by atoms with E-state index in [9.17, 15) is 4.79 Å². The van der Waals surface area contributed by atoms with Crippen molar-refractivity contribution in [3.05, 3.63) is 76.8 Å². The number of carbonyl (C=O) groups is 1. The van der Waals surface area contributed by atoms with Crippen LogP contribution in [-0.2, 0) is 6.54 Å². The molecule has 0 aliphatic carbocycles. The molecule has 1 aliphatic heterocycles. The molecule has 0 unspecified atom stereocenters. The lowest BCUT2D eigenvalue weighted by Crippen LogP contribution is -3.13. The second-order valence-corrected chi connectivity index (χ2v) is 8.04. The Hall–Kier alpha value is -2.70. The Morgan fingerprint density at radius 3 is 2.57 bits per heavy atom. The van der Waals surface area contributed by atoms with Crippen LogP contribution in [0.25, 0.3) is 0 Å². The summed E-state index contributed by atoms with van der Waals surface area (Å²) in [6.45, 7) is 6.57. The van der Waals surface area contributed by atoms with Gasteiger partial charge in [-0.05, 0) is 18.6 Å². The lowest BCUT2D eigenvalue weighted by molar-refractivity contribution is -0.917. The van der Waals surface area contributed by atoms with Gasteiger partial charge in [0, 0.05) is 16.6 Å². The molecule has 0 radical (unpaired) electrons. The van der Waals surface area contributed by atoms with Gasteiger partial charge in [-0.3, -0.25) is 4.79 Å². The van der Waals surface area contributed by atoms with Crippen molar-refractivity contribution in [1.82, 2.24) is 9.88 Å². The van der Waals surface area contributed by atoms with Crippen molar-refractivity contribution in [2.45, 2.75) is 13.5 Å². The predicted octanol–water partition coefficient (Wildman–Crippen LogP) is 2.74. The molecule has 5 nitrogen and oxygen atoms in total. The number of piperazine rings is 1. The van der Waals surface area contributed by atoms with Gasteiger partial charge < -0.3 is 15.1 Å². The third-order valence-corrected chi connectivity index (χ3v) is 5.92. The number of hydrogen-bond acceptors (Lipinski definition) is 4. The van der Waals surface area contributed by atoms with Crippen molar-refractivity contribution in [1.29, 1.82) is 0 Å². The molecule has 1 saturated heterocycles. The normalized spacial score (nSPS) is 14.8. The molecule has 0 saturated carbocycles. The quantitative estimate of drug-likeness (QED) is 0.701. The summed E-state index contributed by atoms with van der Waals surface area (Å²) in [5.74, 6) is 0.0350. The number of nitrogens with zero attached hydrogens (tertiary/aromatic N) is 2. The second-order valence-electron chi connectivity index (χ2n) is 7.18. The number of quaternary nitrogens is 1. The van der Waals surface area contributed by atoms with Gasteiger partial charge in [-0.2, -0.15) is 0 Å². The summed E-state index contributed by atoms with van der Waals surface area (Å²) >= 11 is 1.47. The van der Waals surface area contributed by atoms with Crippen LogP contribution in [0.15, 0.2) is 60.0 Å². The van der Waals surface area contributed by atoms with Crippen LogP contribution in [0.1, 0.15) is 21.6 Å². The van der Waals surface area contributed by atoms with Gasteiger partial charge in [0.2, 0.25) is 0 Å². The molecule has 0 bridgehead atoms. The van der Waals surface area contributed by atoms with E-state index in [1.165, 1.54) is 21.8 Å². The fraction of sp³-hybridized carbons (Fsp3) is 0.273. The molecular weight excluding hydrogens is 368 g/mol. The van der Waals surface area contributed by atoms with Crippen molar-refractivity contribution < 1.29 is 9.69 Å². The molecule has 144 valence electrons. The average molecular weight is 394 g/mol. The first-order valence-corrected chi connectivity index (χ1v) is 10.5.